The number of carbonyl (C=O) groups is 1. The Morgan fingerprint density at radius 1 is 1.35 bits per heavy atom. The van der Waals surface area contributed by atoms with E-state index in [1.807, 2.05) is 30.7 Å². The highest BCUT2D eigenvalue weighted by molar-refractivity contribution is 5.85. The quantitative estimate of drug-likeness (QED) is 0.839. The molecule has 1 fully saturated rings. The Morgan fingerprint density at radius 2 is 1.88 bits per heavy atom. The maximum Gasteiger partial charge on any atom is 0.240 e. The first kappa shape index (κ1) is 12.2. The Morgan fingerprint density at radius 3 is 2.41 bits per heavy atom. The van der Waals surface area contributed by atoms with E-state index in [-0.39, 0.29) is 11.4 Å². The van der Waals surface area contributed by atoms with Gasteiger partial charge in [0.1, 0.15) is 0 Å². The molecule has 1 aliphatic rings. The minimum atomic E-state index is -0.279. The second kappa shape index (κ2) is 4.53. The molecule has 4 nitrogen and oxygen atoms in total. The Kier molecular flexibility index (Phi) is 3.24. The van der Waals surface area contributed by atoms with E-state index in [1.165, 1.54) is 0 Å². The summed E-state index contributed by atoms with van der Waals surface area (Å²) in [6, 6.07) is 3.98. The monoisotopic (exact) mass is 235 g/mol. The van der Waals surface area contributed by atoms with Gasteiger partial charge in [0.25, 0.3) is 0 Å². The fraction of sp³-hybridized carbons (Fsp3) is 0.615. The summed E-state index contributed by atoms with van der Waals surface area (Å²) in [4.78, 5) is 12.0. The lowest BCUT2D eigenvalue weighted by molar-refractivity contribution is -0.118. The highest BCUT2D eigenvalue weighted by atomic mass is 16.2. The highest BCUT2D eigenvalue weighted by Gasteiger charge is 2.31. The molecule has 1 amide bonds. The number of amides is 1. The molecular formula is C13H21N3O. The van der Waals surface area contributed by atoms with Crippen LogP contribution in [0.5, 0.6) is 0 Å². The van der Waals surface area contributed by atoms with Gasteiger partial charge < -0.3 is 5.73 Å². The maximum atomic E-state index is 12.0. The second-order valence-corrected chi connectivity index (χ2v) is 5.23. The van der Waals surface area contributed by atoms with Crippen LogP contribution in [0.3, 0.4) is 0 Å². The topological polar surface area (TPSA) is 60.0 Å². The highest BCUT2D eigenvalue weighted by Crippen LogP contribution is 2.29. The number of carbonyl (C=O) groups excluding carboxylic acids is 1. The molecule has 2 rings (SSSR count). The fourth-order valence-corrected chi connectivity index (χ4v) is 2.58. The lowest BCUT2D eigenvalue weighted by atomic mass is 9.94. The molecule has 0 atom stereocenters. The number of nitrogens with one attached hydrogen (secondary N) is 1. The van der Waals surface area contributed by atoms with Crippen molar-refractivity contribution in [3.63, 3.8) is 0 Å². The summed E-state index contributed by atoms with van der Waals surface area (Å²) >= 11 is 0. The van der Waals surface area contributed by atoms with Crippen LogP contribution in [-0.4, -0.2) is 16.1 Å². The largest absolute Gasteiger partial charge is 0.325 e. The molecule has 0 aromatic carbocycles. The van der Waals surface area contributed by atoms with E-state index in [9.17, 15) is 4.79 Å². The normalized spacial score (nSPS) is 18.3. The smallest absolute Gasteiger partial charge is 0.240 e. The third kappa shape index (κ3) is 2.69. The number of aromatic nitrogens is 1. The molecule has 1 aromatic heterocycles. The van der Waals surface area contributed by atoms with Crippen LogP contribution in [0, 0.1) is 13.8 Å². The van der Waals surface area contributed by atoms with Crippen LogP contribution in [0.2, 0.25) is 0 Å². The molecule has 0 bridgehead atoms. The molecule has 0 spiro atoms. The van der Waals surface area contributed by atoms with Crippen LogP contribution in [0.4, 0.5) is 0 Å². The van der Waals surface area contributed by atoms with Gasteiger partial charge in [0.2, 0.25) is 5.91 Å². The summed E-state index contributed by atoms with van der Waals surface area (Å²) in [5.74, 6) is 0.0109. The predicted molar refractivity (Wildman–Crippen MR) is 68.3 cm³/mol. The summed E-state index contributed by atoms with van der Waals surface area (Å²) in [6.07, 6.45) is 4.63. The van der Waals surface area contributed by atoms with E-state index in [4.69, 9.17) is 5.73 Å². The molecule has 17 heavy (non-hydrogen) atoms. The van der Waals surface area contributed by atoms with Crippen molar-refractivity contribution in [3.05, 3.63) is 23.5 Å². The van der Waals surface area contributed by atoms with Gasteiger partial charge in [-0.05, 0) is 38.8 Å². The van der Waals surface area contributed by atoms with Crippen LogP contribution in [0.1, 0.15) is 43.5 Å². The lowest BCUT2D eigenvalue weighted by Gasteiger charge is -2.23. The van der Waals surface area contributed by atoms with Crippen LogP contribution in [-0.2, 0) is 4.79 Å². The van der Waals surface area contributed by atoms with Crippen molar-refractivity contribution in [1.29, 1.82) is 0 Å². The summed E-state index contributed by atoms with van der Waals surface area (Å²) < 4.78 is 1.82. The maximum absolute atomic E-state index is 12.0. The van der Waals surface area contributed by atoms with Gasteiger partial charge >= 0.3 is 0 Å². The number of hydrogen-bond acceptors (Lipinski definition) is 2. The Bertz CT molecular complexity index is 397. The van der Waals surface area contributed by atoms with Gasteiger partial charge in [-0.15, -0.1) is 0 Å². The van der Waals surface area contributed by atoms with E-state index in [0.29, 0.717) is 6.42 Å². The molecule has 1 saturated carbocycles. The van der Waals surface area contributed by atoms with Crippen LogP contribution in [0.25, 0.3) is 0 Å². The van der Waals surface area contributed by atoms with Crippen LogP contribution in [0.15, 0.2) is 12.1 Å². The Balaban J connectivity index is 1.98. The molecule has 1 aromatic rings. The van der Waals surface area contributed by atoms with Gasteiger partial charge in [-0.25, -0.2) is 0 Å². The van der Waals surface area contributed by atoms with E-state index in [1.54, 1.807) is 0 Å². The van der Waals surface area contributed by atoms with Gasteiger partial charge in [-0.2, -0.15) is 0 Å². The Hall–Kier alpha value is -1.29. The van der Waals surface area contributed by atoms with Crippen LogP contribution < -0.4 is 11.2 Å². The third-order valence-electron chi connectivity index (χ3n) is 3.62. The van der Waals surface area contributed by atoms with Gasteiger partial charge in [0, 0.05) is 23.3 Å². The summed E-state index contributed by atoms with van der Waals surface area (Å²) in [5, 5.41) is 0. The minimum Gasteiger partial charge on any atom is -0.325 e. The molecule has 0 saturated heterocycles. The number of nitrogens with zero attached hydrogens (tertiary/aromatic N) is 1. The number of aryl methyl sites for hydroxylation is 2. The van der Waals surface area contributed by atoms with Gasteiger partial charge in [0.15, 0.2) is 0 Å². The van der Waals surface area contributed by atoms with E-state index in [2.05, 4.69) is 5.43 Å². The van der Waals surface area contributed by atoms with Gasteiger partial charge in [0.05, 0.1) is 0 Å². The molecular weight excluding hydrogens is 214 g/mol. The van der Waals surface area contributed by atoms with Crippen molar-refractivity contribution in [3.8, 4) is 0 Å². The first-order chi connectivity index (χ1) is 8.00. The van der Waals surface area contributed by atoms with Crippen molar-refractivity contribution in [1.82, 2.24) is 4.68 Å². The van der Waals surface area contributed by atoms with Gasteiger partial charge in [-0.1, -0.05) is 12.8 Å². The minimum absolute atomic E-state index is 0.0109. The molecule has 0 radical (unpaired) electrons. The predicted octanol–water partition coefficient (Wildman–Crippen LogP) is 1.84. The van der Waals surface area contributed by atoms with E-state index in [0.717, 1.165) is 37.1 Å². The standard InChI is InChI=1S/C13H21N3O/c1-10-5-6-11(2)16(10)15-12(17)9-13(14)7-3-4-8-13/h5-6H,3-4,7-9,14H2,1-2H3,(H,15,17). The molecule has 3 N–H and O–H groups in total. The second-order valence-electron chi connectivity index (χ2n) is 5.23. The van der Waals surface area contributed by atoms with Crippen molar-refractivity contribution in [2.75, 3.05) is 5.43 Å². The summed E-state index contributed by atoms with van der Waals surface area (Å²) in [7, 11) is 0. The molecule has 0 aliphatic heterocycles. The van der Waals surface area contributed by atoms with Gasteiger partial charge in [-0.3, -0.25) is 14.9 Å². The number of rotatable bonds is 3. The van der Waals surface area contributed by atoms with E-state index >= 15 is 0 Å². The third-order valence-corrected chi connectivity index (χ3v) is 3.62. The zero-order chi connectivity index (χ0) is 12.5. The molecule has 4 heteroatoms. The molecule has 1 heterocycles. The van der Waals surface area contributed by atoms with Crippen molar-refractivity contribution in [2.45, 2.75) is 51.5 Å². The zero-order valence-electron chi connectivity index (χ0n) is 10.6. The average Bonchev–Trinajstić information content (AvgIpc) is 2.79. The number of hydrogen-bond donors (Lipinski definition) is 2. The summed E-state index contributed by atoms with van der Waals surface area (Å²) in [6.45, 7) is 3.95. The van der Waals surface area contributed by atoms with Crippen LogP contribution >= 0.6 is 0 Å². The molecule has 94 valence electrons. The molecule has 1 aliphatic carbocycles. The average molecular weight is 235 g/mol. The Labute approximate surface area is 102 Å². The first-order valence-corrected chi connectivity index (χ1v) is 6.24. The van der Waals surface area contributed by atoms with Crippen molar-refractivity contribution in [2.24, 2.45) is 5.73 Å². The zero-order valence-corrected chi connectivity index (χ0v) is 10.6. The molecule has 0 unspecified atom stereocenters. The number of nitrogens with two attached hydrogens (primary N) is 1. The summed E-state index contributed by atoms with van der Waals surface area (Å²) in [5.41, 5.74) is 10.9. The first-order valence-electron chi connectivity index (χ1n) is 6.24. The SMILES string of the molecule is Cc1ccc(C)n1NC(=O)CC1(N)CCCC1. The van der Waals surface area contributed by atoms with Crippen molar-refractivity contribution < 1.29 is 4.79 Å². The van der Waals surface area contributed by atoms with Crippen molar-refractivity contribution >= 4 is 5.91 Å². The van der Waals surface area contributed by atoms with E-state index < -0.39 is 0 Å². The fourth-order valence-electron chi connectivity index (χ4n) is 2.58. The lowest BCUT2D eigenvalue weighted by Crippen LogP contribution is -2.41.